The fourth-order valence-corrected chi connectivity index (χ4v) is 3.61. The number of carbonyl (C=O) groups excluding carboxylic acids is 1. The van der Waals surface area contributed by atoms with Crippen molar-refractivity contribution in [2.75, 3.05) is 16.3 Å². The lowest BCUT2D eigenvalue weighted by Gasteiger charge is -2.10. The third-order valence-electron chi connectivity index (χ3n) is 4.64. The van der Waals surface area contributed by atoms with Crippen LogP contribution in [0.15, 0.2) is 79.1 Å². The molecule has 0 aliphatic heterocycles. The molecule has 3 N–H and O–H groups in total. The minimum Gasteiger partial charge on any atom is -0.475 e. The minimum absolute atomic E-state index is 0.301. The maximum atomic E-state index is 12.5. The van der Waals surface area contributed by atoms with Crippen molar-refractivity contribution in [3.63, 3.8) is 0 Å². The van der Waals surface area contributed by atoms with Crippen molar-refractivity contribution in [3.05, 3.63) is 84.8 Å². The van der Waals surface area contributed by atoms with Crippen molar-refractivity contribution < 1.29 is 36.3 Å². The zero-order chi connectivity index (χ0) is 27.2. The number of nitrogens with one attached hydrogen (secondary N) is 2. The van der Waals surface area contributed by atoms with Crippen molar-refractivity contribution in [1.82, 2.24) is 9.97 Å². The lowest BCUT2D eigenvalue weighted by atomic mass is 10.0. The smallest absolute Gasteiger partial charge is 0.475 e. The number of carboxylic acids is 1. The third kappa shape index (κ3) is 7.73. The van der Waals surface area contributed by atoms with Gasteiger partial charge in [0.05, 0.1) is 17.5 Å². The van der Waals surface area contributed by atoms with Gasteiger partial charge in [-0.3, -0.25) is 19.5 Å². The summed E-state index contributed by atoms with van der Waals surface area (Å²) in [4.78, 5) is 30.0. The second kappa shape index (κ2) is 11.0. The highest BCUT2D eigenvalue weighted by atomic mass is 32.2. The minimum atomic E-state index is -5.08. The Morgan fingerprint density at radius 2 is 1.59 bits per heavy atom. The molecule has 0 aliphatic rings. The summed E-state index contributed by atoms with van der Waals surface area (Å²) in [5, 5.41) is 10.8. The maximum Gasteiger partial charge on any atom is 0.490 e. The largest absolute Gasteiger partial charge is 0.490 e. The van der Waals surface area contributed by atoms with E-state index in [9.17, 15) is 26.4 Å². The van der Waals surface area contributed by atoms with Gasteiger partial charge in [-0.1, -0.05) is 24.3 Å². The Hall–Kier alpha value is -4.52. The average Bonchev–Trinajstić information content (AvgIpc) is 2.84. The van der Waals surface area contributed by atoms with Gasteiger partial charge in [-0.05, 0) is 48.0 Å². The quantitative estimate of drug-likeness (QED) is 0.343. The van der Waals surface area contributed by atoms with Crippen LogP contribution in [0.5, 0.6) is 0 Å². The van der Waals surface area contributed by atoms with Crippen LogP contribution in [-0.2, 0) is 14.8 Å². The lowest BCUT2D eigenvalue weighted by Crippen LogP contribution is -2.21. The van der Waals surface area contributed by atoms with Gasteiger partial charge in [-0.15, -0.1) is 0 Å². The zero-order valence-corrected chi connectivity index (χ0v) is 19.8. The van der Waals surface area contributed by atoms with Crippen molar-refractivity contribution in [2.45, 2.75) is 6.18 Å². The number of hydrogen-bond acceptors (Lipinski definition) is 6. The number of sulfonamides is 1. The number of carboxylic acid groups (broad SMARTS) is 1. The Balaban J connectivity index is 0.000000479. The first-order chi connectivity index (χ1) is 17.3. The Kier molecular flexibility index (Phi) is 8.07. The number of alkyl halides is 3. The number of anilines is 2. The average molecular weight is 533 g/mol. The first-order valence-corrected chi connectivity index (χ1v) is 12.2. The van der Waals surface area contributed by atoms with E-state index in [1.54, 1.807) is 42.7 Å². The maximum absolute atomic E-state index is 12.5. The molecule has 2 aromatic carbocycles. The van der Waals surface area contributed by atoms with Gasteiger partial charge in [0.2, 0.25) is 10.0 Å². The van der Waals surface area contributed by atoms with E-state index in [0.717, 1.165) is 28.3 Å². The van der Waals surface area contributed by atoms with Gasteiger partial charge in [-0.2, -0.15) is 13.2 Å². The van der Waals surface area contributed by atoms with Gasteiger partial charge in [0.15, 0.2) is 0 Å². The molecule has 0 fully saturated rings. The van der Waals surface area contributed by atoms with Crippen LogP contribution in [0.1, 0.15) is 10.5 Å². The summed E-state index contributed by atoms with van der Waals surface area (Å²) in [5.74, 6) is -3.06. The van der Waals surface area contributed by atoms with Crippen LogP contribution in [0.3, 0.4) is 0 Å². The highest BCUT2D eigenvalue weighted by molar-refractivity contribution is 7.92. The standard InChI is InChI=1S/C22H18N4O3S.C2HF3O2/c1-30(28,29)26-17-10-8-15(9-11-17)16-13-18-19(24-14-16)6-4-7-20(18)25-22(27)21-5-2-3-12-23-21;3-2(4,5)1(6)7/h2-14,26H,1H3,(H,25,27);(H,6,7). The van der Waals surface area contributed by atoms with Gasteiger partial charge < -0.3 is 10.4 Å². The van der Waals surface area contributed by atoms with E-state index in [-0.39, 0.29) is 5.91 Å². The number of hydrogen-bond donors (Lipinski definition) is 3. The topological polar surface area (TPSA) is 138 Å². The predicted octanol–water partition coefficient (Wildman–Crippen LogP) is 4.55. The van der Waals surface area contributed by atoms with Crippen LogP contribution in [0.4, 0.5) is 24.5 Å². The van der Waals surface area contributed by atoms with E-state index in [4.69, 9.17) is 9.90 Å². The monoisotopic (exact) mass is 532 g/mol. The van der Waals surface area contributed by atoms with E-state index < -0.39 is 22.2 Å². The lowest BCUT2D eigenvalue weighted by molar-refractivity contribution is -0.192. The molecular weight excluding hydrogens is 513 g/mol. The summed E-state index contributed by atoms with van der Waals surface area (Å²) in [6, 6.07) is 19.6. The Bertz CT molecular complexity index is 1530. The Labute approximate surface area is 209 Å². The van der Waals surface area contributed by atoms with Crippen LogP contribution in [0.2, 0.25) is 0 Å². The number of pyridine rings is 2. The summed E-state index contributed by atoms with van der Waals surface area (Å²) < 4.78 is 56.9. The molecule has 0 unspecified atom stereocenters. The molecule has 2 aromatic heterocycles. The Morgan fingerprint density at radius 1 is 0.919 bits per heavy atom. The molecule has 192 valence electrons. The first-order valence-electron chi connectivity index (χ1n) is 10.3. The van der Waals surface area contributed by atoms with Gasteiger partial charge in [0.1, 0.15) is 5.69 Å². The number of aromatic nitrogens is 2. The molecule has 0 saturated carbocycles. The van der Waals surface area contributed by atoms with Crippen molar-refractivity contribution in [2.24, 2.45) is 0 Å². The number of rotatable bonds is 5. The van der Waals surface area contributed by atoms with E-state index >= 15 is 0 Å². The molecule has 0 spiro atoms. The number of halogens is 3. The second-order valence-corrected chi connectivity index (χ2v) is 9.27. The molecule has 0 bridgehead atoms. The predicted molar refractivity (Wildman–Crippen MR) is 132 cm³/mol. The van der Waals surface area contributed by atoms with E-state index in [2.05, 4.69) is 20.0 Å². The fraction of sp³-hybridized carbons (Fsp3) is 0.0833. The molecule has 0 radical (unpaired) electrons. The van der Waals surface area contributed by atoms with Crippen LogP contribution in [0, 0.1) is 0 Å². The fourth-order valence-electron chi connectivity index (χ4n) is 3.04. The SMILES string of the molecule is CS(=O)(=O)Nc1ccc(-c2cnc3cccc(NC(=O)c4ccccn4)c3c2)cc1.O=C(O)C(F)(F)F. The first kappa shape index (κ1) is 27.1. The summed E-state index contributed by atoms with van der Waals surface area (Å²) >= 11 is 0. The molecule has 13 heteroatoms. The number of aliphatic carboxylic acids is 1. The number of nitrogens with zero attached hydrogens (tertiary/aromatic N) is 2. The molecule has 4 rings (SSSR count). The van der Waals surface area contributed by atoms with Gasteiger partial charge >= 0.3 is 12.1 Å². The van der Waals surface area contributed by atoms with Crippen molar-refractivity contribution >= 4 is 44.2 Å². The highest BCUT2D eigenvalue weighted by Crippen LogP contribution is 2.28. The van der Waals surface area contributed by atoms with Gasteiger partial charge in [0, 0.05) is 29.0 Å². The van der Waals surface area contributed by atoms with Crippen LogP contribution < -0.4 is 10.0 Å². The highest BCUT2D eigenvalue weighted by Gasteiger charge is 2.38. The molecular formula is C24H19F3N4O5S. The molecule has 1 amide bonds. The van der Waals surface area contributed by atoms with Crippen molar-refractivity contribution in [3.8, 4) is 11.1 Å². The number of fused-ring (bicyclic) bond motifs is 1. The number of benzene rings is 2. The summed E-state index contributed by atoms with van der Waals surface area (Å²) in [6.07, 6.45) is -0.666. The molecule has 9 nitrogen and oxygen atoms in total. The van der Waals surface area contributed by atoms with Gasteiger partial charge in [0.25, 0.3) is 5.91 Å². The molecule has 0 aliphatic carbocycles. The third-order valence-corrected chi connectivity index (χ3v) is 5.24. The summed E-state index contributed by atoms with van der Waals surface area (Å²) in [7, 11) is -3.33. The van der Waals surface area contributed by atoms with E-state index in [0.29, 0.717) is 17.1 Å². The van der Waals surface area contributed by atoms with E-state index in [1.807, 2.05) is 36.4 Å². The zero-order valence-electron chi connectivity index (χ0n) is 19.0. The molecule has 37 heavy (non-hydrogen) atoms. The summed E-state index contributed by atoms with van der Waals surface area (Å²) in [6.45, 7) is 0. The second-order valence-electron chi connectivity index (χ2n) is 7.52. The molecule has 0 atom stereocenters. The molecule has 2 heterocycles. The van der Waals surface area contributed by atoms with Crippen molar-refractivity contribution in [1.29, 1.82) is 0 Å². The molecule has 0 saturated heterocycles. The van der Waals surface area contributed by atoms with Gasteiger partial charge in [-0.25, -0.2) is 13.2 Å². The van der Waals surface area contributed by atoms with E-state index in [1.165, 1.54) is 0 Å². The normalized spacial score (nSPS) is 11.2. The van der Waals surface area contributed by atoms with Crippen LogP contribution in [-0.4, -0.2) is 47.8 Å². The number of carbonyl (C=O) groups is 2. The van der Waals surface area contributed by atoms with Crippen LogP contribution >= 0.6 is 0 Å². The summed E-state index contributed by atoms with van der Waals surface area (Å²) in [5.41, 5.74) is 3.90. The van der Waals surface area contributed by atoms with Crippen LogP contribution in [0.25, 0.3) is 22.0 Å². The molecule has 4 aromatic rings. The number of amides is 1. The Morgan fingerprint density at radius 3 is 2.16 bits per heavy atom.